The second-order valence-electron chi connectivity index (χ2n) is 3.33. The van der Waals surface area contributed by atoms with Crippen molar-refractivity contribution in [2.45, 2.75) is 39.5 Å². The summed E-state index contributed by atoms with van der Waals surface area (Å²) in [6, 6.07) is 0. The SMILES string of the molecule is C/C=C(/C)N1CCCCCC1. The summed E-state index contributed by atoms with van der Waals surface area (Å²) in [7, 11) is 0. The van der Waals surface area contributed by atoms with Crippen LogP contribution in [0.1, 0.15) is 39.5 Å². The molecule has 0 aromatic carbocycles. The van der Waals surface area contributed by atoms with Crippen LogP contribution in [0.2, 0.25) is 0 Å². The number of likely N-dealkylation sites (tertiary alicyclic amines) is 1. The van der Waals surface area contributed by atoms with E-state index in [9.17, 15) is 0 Å². The second kappa shape index (κ2) is 4.42. The highest BCUT2D eigenvalue weighted by atomic mass is 15.1. The summed E-state index contributed by atoms with van der Waals surface area (Å²) in [5.74, 6) is 0. The molecule has 11 heavy (non-hydrogen) atoms. The van der Waals surface area contributed by atoms with Gasteiger partial charge in [-0.2, -0.15) is 0 Å². The molecule has 0 spiro atoms. The number of hydrogen-bond acceptors (Lipinski definition) is 1. The Hall–Kier alpha value is -0.460. The summed E-state index contributed by atoms with van der Waals surface area (Å²) in [6.45, 7) is 6.89. The predicted molar refractivity (Wildman–Crippen MR) is 49.5 cm³/mol. The van der Waals surface area contributed by atoms with E-state index in [0.717, 1.165) is 0 Å². The van der Waals surface area contributed by atoms with Crippen molar-refractivity contribution in [1.29, 1.82) is 0 Å². The van der Waals surface area contributed by atoms with Gasteiger partial charge in [0.15, 0.2) is 0 Å². The van der Waals surface area contributed by atoms with Gasteiger partial charge in [-0.1, -0.05) is 18.9 Å². The maximum absolute atomic E-state index is 2.51. The summed E-state index contributed by atoms with van der Waals surface area (Å²) in [6.07, 6.45) is 7.82. The zero-order chi connectivity index (χ0) is 8.10. The van der Waals surface area contributed by atoms with Crippen molar-refractivity contribution in [3.63, 3.8) is 0 Å². The van der Waals surface area contributed by atoms with E-state index in [1.807, 2.05) is 0 Å². The normalized spacial score (nSPS) is 21.6. The molecular formula is C10H19N. The van der Waals surface area contributed by atoms with Crippen molar-refractivity contribution in [2.75, 3.05) is 13.1 Å². The lowest BCUT2D eigenvalue weighted by Crippen LogP contribution is -2.22. The highest BCUT2D eigenvalue weighted by Crippen LogP contribution is 2.13. The van der Waals surface area contributed by atoms with E-state index < -0.39 is 0 Å². The standard InChI is InChI=1S/C10H19N/c1-3-10(2)11-8-6-4-5-7-9-11/h3H,4-9H2,1-2H3/b10-3-. The van der Waals surface area contributed by atoms with Gasteiger partial charge in [0.2, 0.25) is 0 Å². The van der Waals surface area contributed by atoms with Crippen molar-refractivity contribution >= 4 is 0 Å². The monoisotopic (exact) mass is 153 g/mol. The first kappa shape index (κ1) is 8.63. The molecule has 1 heteroatoms. The molecule has 0 unspecified atom stereocenters. The van der Waals surface area contributed by atoms with Crippen molar-refractivity contribution < 1.29 is 0 Å². The predicted octanol–water partition coefficient (Wildman–Crippen LogP) is 2.79. The van der Waals surface area contributed by atoms with Crippen LogP contribution in [0.4, 0.5) is 0 Å². The minimum atomic E-state index is 1.27. The molecule has 64 valence electrons. The van der Waals surface area contributed by atoms with Gasteiger partial charge in [0.1, 0.15) is 0 Å². The molecule has 1 fully saturated rings. The number of hydrogen-bond donors (Lipinski definition) is 0. The first-order valence-corrected chi connectivity index (χ1v) is 4.72. The Morgan fingerprint density at radius 2 is 1.64 bits per heavy atom. The molecule has 0 aliphatic carbocycles. The molecule has 1 aliphatic heterocycles. The largest absolute Gasteiger partial charge is 0.375 e. The fraction of sp³-hybridized carbons (Fsp3) is 0.800. The van der Waals surface area contributed by atoms with Crippen LogP contribution in [0.3, 0.4) is 0 Å². The average molecular weight is 153 g/mol. The van der Waals surface area contributed by atoms with Gasteiger partial charge in [0.05, 0.1) is 0 Å². The van der Waals surface area contributed by atoms with E-state index in [-0.39, 0.29) is 0 Å². The minimum Gasteiger partial charge on any atom is -0.375 e. The summed E-state index contributed by atoms with van der Waals surface area (Å²) < 4.78 is 0. The molecule has 0 aromatic rings. The third-order valence-corrected chi connectivity index (χ3v) is 2.52. The maximum Gasteiger partial charge on any atom is 0.0174 e. The van der Waals surface area contributed by atoms with Crippen LogP contribution < -0.4 is 0 Å². The van der Waals surface area contributed by atoms with Crippen molar-refractivity contribution in [1.82, 2.24) is 4.90 Å². The Balaban J connectivity index is 2.42. The van der Waals surface area contributed by atoms with E-state index in [0.29, 0.717) is 0 Å². The maximum atomic E-state index is 2.51. The molecule has 1 nitrogen and oxygen atoms in total. The topological polar surface area (TPSA) is 3.24 Å². The van der Waals surface area contributed by atoms with Crippen LogP contribution in [-0.2, 0) is 0 Å². The van der Waals surface area contributed by atoms with E-state index in [1.165, 1.54) is 44.5 Å². The van der Waals surface area contributed by atoms with Gasteiger partial charge in [0, 0.05) is 18.8 Å². The van der Waals surface area contributed by atoms with Crippen LogP contribution in [0.15, 0.2) is 11.8 Å². The summed E-state index contributed by atoms with van der Waals surface area (Å²) in [5, 5.41) is 0. The molecule has 0 radical (unpaired) electrons. The molecule has 1 saturated heterocycles. The molecule has 1 rings (SSSR count). The van der Waals surface area contributed by atoms with Crippen LogP contribution in [-0.4, -0.2) is 18.0 Å². The molecule has 0 saturated carbocycles. The lowest BCUT2D eigenvalue weighted by molar-refractivity contribution is 0.358. The highest BCUT2D eigenvalue weighted by Gasteiger charge is 2.07. The van der Waals surface area contributed by atoms with Crippen molar-refractivity contribution in [2.24, 2.45) is 0 Å². The molecule has 0 atom stereocenters. The fourth-order valence-electron chi connectivity index (χ4n) is 1.61. The molecule has 0 aromatic heterocycles. The van der Waals surface area contributed by atoms with Crippen LogP contribution in [0, 0.1) is 0 Å². The molecule has 0 N–H and O–H groups in total. The quantitative estimate of drug-likeness (QED) is 0.560. The van der Waals surface area contributed by atoms with Crippen LogP contribution >= 0.6 is 0 Å². The lowest BCUT2D eigenvalue weighted by atomic mass is 10.2. The smallest absolute Gasteiger partial charge is 0.0174 e. The third-order valence-electron chi connectivity index (χ3n) is 2.52. The van der Waals surface area contributed by atoms with Crippen molar-refractivity contribution in [3.05, 3.63) is 11.8 Å². The fourth-order valence-corrected chi connectivity index (χ4v) is 1.61. The summed E-state index contributed by atoms with van der Waals surface area (Å²) in [5.41, 5.74) is 1.45. The Morgan fingerprint density at radius 3 is 2.09 bits per heavy atom. The van der Waals surface area contributed by atoms with Gasteiger partial charge in [0.25, 0.3) is 0 Å². The zero-order valence-corrected chi connectivity index (χ0v) is 7.77. The molecule has 1 heterocycles. The van der Waals surface area contributed by atoms with Gasteiger partial charge in [-0.3, -0.25) is 0 Å². The first-order valence-electron chi connectivity index (χ1n) is 4.72. The van der Waals surface area contributed by atoms with Gasteiger partial charge >= 0.3 is 0 Å². The van der Waals surface area contributed by atoms with E-state index in [1.54, 1.807) is 0 Å². The highest BCUT2D eigenvalue weighted by molar-refractivity contribution is 4.95. The molecule has 1 aliphatic rings. The molecule has 0 amide bonds. The Bertz CT molecular complexity index is 130. The summed E-state index contributed by atoms with van der Waals surface area (Å²) in [4.78, 5) is 2.51. The third kappa shape index (κ3) is 2.57. The number of nitrogens with zero attached hydrogens (tertiary/aromatic N) is 1. The van der Waals surface area contributed by atoms with Gasteiger partial charge in [-0.15, -0.1) is 0 Å². The molecule has 0 bridgehead atoms. The Labute approximate surface area is 70.1 Å². The van der Waals surface area contributed by atoms with Gasteiger partial charge in [-0.25, -0.2) is 0 Å². The van der Waals surface area contributed by atoms with Gasteiger partial charge in [-0.05, 0) is 26.7 Å². The van der Waals surface area contributed by atoms with Gasteiger partial charge < -0.3 is 4.90 Å². The average Bonchev–Trinajstić information content (AvgIpc) is 2.30. The van der Waals surface area contributed by atoms with Crippen LogP contribution in [0.5, 0.6) is 0 Å². The summed E-state index contributed by atoms with van der Waals surface area (Å²) >= 11 is 0. The Morgan fingerprint density at radius 1 is 1.09 bits per heavy atom. The number of allylic oxidation sites excluding steroid dienone is 2. The second-order valence-corrected chi connectivity index (χ2v) is 3.33. The first-order chi connectivity index (χ1) is 5.34. The zero-order valence-electron chi connectivity index (χ0n) is 7.77. The van der Waals surface area contributed by atoms with E-state index in [4.69, 9.17) is 0 Å². The van der Waals surface area contributed by atoms with E-state index in [2.05, 4.69) is 24.8 Å². The van der Waals surface area contributed by atoms with Crippen LogP contribution in [0.25, 0.3) is 0 Å². The Kier molecular flexibility index (Phi) is 3.47. The molecular weight excluding hydrogens is 134 g/mol. The minimum absolute atomic E-state index is 1.27. The number of rotatable bonds is 1. The lowest BCUT2D eigenvalue weighted by Gasteiger charge is -2.22. The van der Waals surface area contributed by atoms with Crippen molar-refractivity contribution in [3.8, 4) is 0 Å². The van der Waals surface area contributed by atoms with E-state index >= 15 is 0 Å².